The standard InChI is InChI=1S/C23H30O4/c1-4-5-21(26)27-19-13-15-16-6-7-20(25)23(16,3)11-9-17(15)22(2)10-8-14(24)12-18(19)22/h8,10,12,15-17,19H,4-7,9,11,13H2,1-3H3/t15-,16-,17-,19-,22+,23-/m0/s1. The molecule has 0 aliphatic heterocycles. The lowest BCUT2D eigenvalue weighted by molar-refractivity contribution is -0.154. The molecule has 0 saturated heterocycles. The van der Waals surface area contributed by atoms with Crippen molar-refractivity contribution in [3.8, 4) is 0 Å². The molecule has 4 rings (SSSR count). The van der Waals surface area contributed by atoms with Crippen LogP contribution < -0.4 is 0 Å². The zero-order valence-corrected chi connectivity index (χ0v) is 16.6. The summed E-state index contributed by atoms with van der Waals surface area (Å²) in [6.07, 6.45) is 10.5. The number of allylic oxidation sites excluding steroid dienone is 3. The minimum atomic E-state index is -0.345. The highest BCUT2D eigenvalue weighted by Gasteiger charge is 2.60. The van der Waals surface area contributed by atoms with Crippen molar-refractivity contribution in [3.63, 3.8) is 0 Å². The smallest absolute Gasteiger partial charge is 0.306 e. The van der Waals surface area contributed by atoms with E-state index in [0.717, 1.165) is 37.7 Å². The van der Waals surface area contributed by atoms with Gasteiger partial charge in [-0.15, -0.1) is 0 Å². The molecule has 27 heavy (non-hydrogen) atoms. The zero-order chi connectivity index (χ0) is 19.4. The first-order valence-corrected chi connectivity index (χ1v) is 10.5. The molecule has 0 aromatic carbocycles. The van der Waals surface area contributed by atoms with Crippen LogP contribution in [0, 0.1) is 28.6 Å². The second kappa shape index (κ2) is 6.42. The molecule has 4 aliphatic rings. The van der Waals surface area contributed by atoms with E-state index in [4.69, 9.17) is 4.74 Å². The lowest BCUT2D eigenvalue weighted by Gasteiger charge is -2.57. The molecule has 146 valence electrons. The Morgan fingerprint density at radius 1 is 1.22 bits per heavy atom. The minimum absolute atomic E-state index is 0.0193. The number of hydrogen-bond donors (Lipinski definition) is 0. The predicted molar refractivity (Wildman–Crippen MR) is 102 cm³/mol. The lowest BCUT2D eigenvalue weighted by Crippen LogP contribution is -2.53. The topological polar surface area (TPSA) is 60.4 Å². The van der Waals surface area contributed by atoms with Crippen molar-refractivity contribution in [1.29, 1.82) is 0 Å². The molecule has 0 aromatic heterocycles. The minimum Gasteiger partial charge on any atom is -0.458 e. The van der Waals surface area contributed by atoms with E-state index < -0.39 is 0 Å². The van der Waals surface area contributed by atoms with E-state index >= 15 is 0 Å². The summed E-state index contributed by atoms with van der Waals surface area (Å²) in [6.45, 7) is 6.30. The Morgan fingerprint density at radius 3 is 2.74 bits per heavy atom. The fourth-order valence-electron chi connectivity index (χ4n) is 6.53. The highest BCUT2D eigenvalue weighted by Crippen LogP contribution is 2.63. The van der Waals surface area contributed by atoms with Crippen LogP contribution in [-0.2, 0) is 19.1 Å². The Morgan fingerprint density at radius 2 is 2.00 bits per heavy atom. The zero-order valence-electron chi connectivity index (χ0n) is 16.6. The number of ether oxygens (including phenoxy) is 1. The Bertz CT molecular complexity index is 747. The average Bonchev–Trinajstić information content (AvgIpc) is 2.92. The molecular weight excluding hydrogens is 340 g/mol. The molecule has 0 bridgehead atoms. The van der Waals surface area contributed by atoms with Gasteiger partial charge in [0.2, 0.25) is 0 Å². The summed E-state index contributed by atoms with van der Waals surface area (Å²) in [4.78, 5) is 37.0. The molecule has 0 spiro atoms. The van der Waals surface area contributed by atoms with Gasteiger partial charge in [0.15, 0.2) is 5.78 Å². The van der Waals surface area contributed by atoms with Crippen molar-refractivity contribution in [3.05, 3.63) is 23.8 Å². The van der Waals surface area contributed by atoms with Crippen LogP contribution in [0.25, 0.3) is 0 Å². The van der Waals surface area contributed by atoms with E-state index in [2.05, 4.69) is 13.8 Å². The van der Waals surface area contributed by atoms with Crippen molar-refractivity contribution in [1.82, 2.24) is 0 Å². The van der Waals surface area contributed by atoms with Crippen LogP contribution >= 0.6 is 0 Å². The molecule has 3 saturated carbocycles. The van der Waals surface area contributed by atoms with E-state index in [-0.39, 0.29) is 28.7 Å². The molecule has 0 aromatic rings. The SMILES string of the molecule is CCCC(=O)O[C@H]1C[C@@H]2[C@H](CC[C@]3(C)C(=O)CC[C@@H]23)[C@@]2(C)C=CC(=O)C=C12. The first kappa shape index (κ1) is 18.6. The molecule has 4 heteroatoms. The maximum atomic E-state index is 12.6. The molecule has 6 atom stereocenters. The first-order chi connectivity index (χ1) is 12.8. The van der Waals surface area contributed by atoms with Gasteiger partial charge in [0.25, 0.3) is 0 Å². The van der Waals surface area contributed by atoms with Gasteiger partial charge in [0.05, 0.1) is 0 Å². The molecule has 0 amide bonds. The molecule has 0 radical (unpaired) electrons. The number of fused-ring (bicyclic) bond motifs is 5. The number of hydrogen-bond acceptors (Lipinski definition) is 4. The molecule has 4 nitrogen and oxygen atoms in total. The first-order valence-electron chi connectivity index (χ1n) is 10.5. The monoisotopic (exact) mass is 370 g/mol. The van der Waals surface area contributed by atoms with Crippen LogP contribution in [0.2, 0.25) is 0 Å². The molecular formula is C23H30O4. The van der Waals surface area contributed by atoms with Gasteiger partial charge in [0, 0.05) is 23.7 Å². The van der Waals surface area contributed by atoms with E-state index in [1.165, 1.54) is 0 Å². The average molecular weight is 370 g/mol. The Balaban J connectivity index is 1.71. The number of carbonyl (C=O) groups excluding carboxylic acids is 3. The summed E-state index contributed by atoms with van der Waals surface area (Å²) >= 11 is 0. The van der Waals surface area contributed by atoms with Crippen molar-refractivity contribution < 1.29 is 19.1 Å². The second-order valence-electron chi connectivity index (χ2n) is 9.38. The normalized spacial score (nSPS) is 42.9. The van der Waals surface area contributed by atoms with E-state index in [0.29, 0.717) is 36.4 Å². The number of ketones is 2. The number of carbonyl (C=O) groups is 3. The highest BCUT2D eigenvalue weighted by atomic mass is 16.5. The van der Waals surface area contributed by atoms with Gasteiger partial charge in [-0.05, 0) is 67.6 Å². The molecule has 4 aliphatic carbocycles. The van der Waals surface area contributed by atoms with Crippen molar-refractivity contribution in [2.24, 2.45) is 28.6 Å². The number of rotatable bonds is 3. The van der Waals surface area contributed by atoms with E-state index in [9.17, 15) is 14.4 Å². The molecule has 0 N–H and O–H groups in total. The predicted octanol–water partition coefficient (Wildman–Crippen LogP) is 4.19. The third-order valence-electron chi connectivity index (χ3n) is 7.99. The largest absolute Gasteiger partial charge is 0.458 e. The van der Waals surface area contributed by atoms with Gasteiger partial charge in [-0.1, -0.05) is 26.8 Å². The maximum absolute atomic E-state index is 12.6. The van der Waals surface area contributed by atoms with Crippen LogP contribution in [0.5, 0.6) is 0 Å². The summed E-state index contributed by atoms with van der Waals surface area (Å²) in [5, 5.41) is 0. The molecule has 3 fully saturated rings. The van der Waals surface area contributed by atoms with E-state index in [1.807, 2.05) is 13.0 Å². The van der Waals surface area contributed by atoms with Crippen molar-refractivity contribution in [2.75, 3.05) is 0 Å². The van der Waals surface area contributed by atoms with Crippen molar-refractivity contribution >= 4 is 17.5 Å². The number of esters is 1. The van der Waals surface area contributed by atoms with Crippen LogP contribution in [0.3, 0.4) is 0 Å². The van der Waals surface area contributed by atoms with Gasteiger partial charge in [-0.25, -0.2) is 0 Å². The van der Waals surface area contributed by atoms with E-state index in [1.54, 1.807) is 12.2 Å². The number of Topliss-reactive ketones (excluding diaryl/α,β-unsaturated/α-hetero) is 1. The van der Waals surface area contributed by atoms with Crippen LogP contribution in [0.4, 0.5) is 0 Å². The summed E-state index contributed by atoms with van der Waals surface area (Å²) in [5.41, 5.74) is 0.486. The van der Waals surface area contributed by atoms with Crippen molar-refractivity contribution in [2.45, 2.75) is 71.8 Å². The second-order valence-corrected chi connectivity index (χ2v) is 9.38. The van der Waals surface area contributed by atoms with Crippen LogP contribution in [0.15, 0.2) is 23.8 Å². The summed E-state index contributed by atoms with van der Waals surface area (Å²) in [6, 6.07) is 0. The van der Waals surface area contributed by atoms with Gasteiger partial charge in [-0.2, -0.15) is 0 Å². The lowest BCUT2D eigenvalue weighted by atomic mass is 9.48. The third kappa shape index (κ3) is 2.75. The van der Waals surface area contributed by atoms with Gasteiger partial charge >= 0.3 is 5.97 Å². The quantitative estimate of drug-likeness (QED) is 0.699. The van der Waals surface area contributed by atoms with Gasteiger partial charge in [-0.3, -0.25) is 14.4 Å². The van der Waals surface area contributed by atoms with Gasteiger partial charge < -0.3 is 4.74 Å². The Hall–Kier alpha value is -1.71. The Labute approximate surface area is 161 Å². The fraction of sp³-hybridized carbons (Fsp3) is 0.696. The van der Waals surface area contributed by atoms with Crippen LogP contribution in [0.1, 0.15) is 65.7 Å². The summed E-state index contributed by atoms with van der Waals surface area (Å²) in [7, 11) is 0. The molecule has 0 unspecified atom stereocenters. The molecule has 0 heterocycles. The Kier molecular flexibility index (Phi) is 4.44. The van der Waals surface area contributed by atoms with Crippen LogP contribution in [-0.4, -0.2) is 23.6 Å². The highest BCUT2D eigenvalue weighted by molar-refractivity contribution is 6.01. The van der Waals surface area contributed by atoms with Gasteiger partial charge in [0.1, 0.15) is 11.9 Å². The summed E-state index contributed by atoms with van der Waals surface area (Å²) in [5.74, 6) is 1.32. The maximum Gasteiger partial charge on any atom is 0.306 e. The third-order valence-corrected chi connectivity index (χ3v) is 7.99. The fourth-order valence-corrected chi connectivity index (χ4v) is 6.53. The summed E-state index contributed by atoms with van der Waals surface area (Å²) < 4.78 is 5.89.